The second-order valence-electron chi connectivity index (χ2n) is 6.98. The Labute approximate surface area is 176 Å². The first kappa shape index (κ1) is 21.6. The first-order valence-electron chi connectivity index (χ1n) is 9.32. The SMILES string of the molecule is COc1cc(CN(c2ccc(C)c(F)c2)S(=O)(=O)c2ccc(C)cc2)cc(OC)c1. The van der Waals surface area contributed by atoms with Gasteiger partial charge in [0.05, 0.1) is 31.3 Å². The van der Waals surface area contributed by atoms with Crippen molar-refractivity contribution in [1.29, 1.82) is 0 Å². The van der Waals surface area contributed by atoms with Gasteiger partial charge in [-0.2, -0.15) is 0 Å². The molecule has 0 aliphatic heterocycles. The molecule has 0 fully saturated rings. The van der Waals surface area contributed by atoms with Crippen LogP contribution in [0.2, 0.25) is 0 Å². The molecule has 0 unspecified atom stereocenters. The van der Waals surface area contributed by atoms with Gasteiger partial charge in [-0.05, 0) is 61.4 Å². The maximum Gasteiger partial charge on any atom is 0.264 e. The topological polar surface area (TPSA) is 55.8 Å². The third-order valence-electron chi connectivity index (χ3n) is 4.79. The summed E-state index contributed by atoms with van der Waals surface area (Å²) in [6.45, 7) is 3.49. The number of methoxy groups -OCH3 is 2. The zero-order valence-corrected chi connectivity index (χ0v) is 18.2. The van der Waals surface area contributed by atoms with Gasteiger partial charge in [-0.15, -0.1) is 0 Å². The molecule has 3 aromatic rings. The van der Waals surface area contributed by atoms with E-state index < -0.39 is 15.8 Å². The monoisotopic (exact) mass is 429 g/mol. The lowest BCUT2D eigenvalue weighted by Gasteiger charge is -2.25. The third-order valence-corrected chi connectivity index (χ3v) is 6.58. The summed E-state index contributed by atoms with van der Waals surface area (Å²) in [5, 5.41) is 0. The quantitative estimate of drug-likeness (QED) is 0.539. The number of aryl methyl sites for hydroxylation is 2. The summed E-state index contributed by atoms with van der Waals surface area (Å²) in [5.74, 6) is 0.596. The Hall–Kier alpha value is -3.06. The smallest absolute Gasteiger partial charge is 0.264 e. The van der Waals surface area contributed by atoms with Crippen molar-refractivity contribution in [2.24, 2.45) is 0 Å². The van der Waals surface area contributed by atoms with Gasteiger partial charge in [-0.1, -0.05) is 23.8 Å². The first-order valence-corrected chi connectivity index (χ1v) is 10.8. The number of rotatable bonds is 7. The molecule has 7 heteroatoms. The number of anilines is 1. The van der Waals surface area contributed by atoms with Crippen LogP contribution in [0, 0.1) is 19.7 Å². The number of halogens is 1. The summed E-state index contributed by atoms with van der Waals surface area (Å²) < 4.78 is 53.1. The van der Waals surface area contributed by atoms with E-state index in [1.54, 1.807) is 61.5 Å². The van der Waals surface area contributed by atoms with Crippen molar-refractivity contribution >= 4 is 15.7 Å². The first-order chi connectivity index (χ1) is 14.2. The van der Waals surface area contributed by atoms with E-state index in [2.05, 4.69) is 0 Å². The zero-order valence-electron chi connectivity index (χ0n) is 17.3. The predicted molar refractivity (Wildman–Crippen MR) is 115 cm³/mol. The summed E-state index contributed by atoms with van der Waals surface area (Å²) in [6.07, 6.45) is 0. The average molecular weight is 430 g/mol. The maximum absolute atomic E-state index is 14.3. The number of hydrogen-bond acceptors (Lipinski definition) is 4. The maximum atomic E-state index is 14.3. The fourth-order valence-corrected chi connectivity index (χ4v) is 4.46. The Kier molecular flexibility index (Phi) is 6.31. The molecule has 0 radical (unpaired) electrons. The molecule has 0 aliphatic rings. The van der Waals surface area contributed by atoms with Crippen molar-refractivity contribution in [3.63, 3.8) is 0 Å². The molecule has 0 atom stereocenters. The molecule has 0 N–H and O–H groups in total. The standard InChI is InChI=1S/C23H24FNO4S/c1-16-5-9-22(10-6-16)30(26,27)25(19-8-7-17(2)23(24)13-19)15-18-11-20(28-3)14-21(12-18)29-4/h5-14H,15H2,1-4H3. The van der Waals surface area contributed by atoms with Gasteiger partial charge < -0.3 is 9.47 Å². The van der Waals surface area contributed by atoms with Gasteiger partial charge in [0.2, 0.25) is 0 Å². The van der Waals surface area contributed by atoms with Crippen LogP contribution in [0.15, 0.2) is 65.6 Å². The van der Waals surface area contributed by atoms with Gasteiger partial charge in [-0.25, -0.2) is 12.8 Å². The van der Waals surface area contributed by atoms with E-state index >= 15 is 0 Å². The predicted octanol–water partition coefficient (Wildman–Crippen LogP) is 4.86. The van der Waals surface area contributed by atoms with E-state index in [1.165, 1.54) is 24.6 Å². The van der Waals surface area contributed by atoms with Gasteiger partial charge >= 0.3 is 0 Å². The summed E-state index contributed by atoms with van der Waals surface area (Å²) in [7, 11) is -0.908. The van der Waals surface area contributed by atoms with Gasteiger partial charge in [0.15, 0.2) is 0 Å². The fourth-order valence-electron chi connectivity index (χ4n) is 3.01. The fraction of sp³-hybridized carbons (Fsp3) is 0.217. The summed E-state index contributed by atoms with van der Waals surface area (Å²) in [4.78, 5) is 0.129. The van der Waals surface area contributed by atoms with Crippen LogP contribution in [-0.4, -0.2) is 22.6 Å². The van der Waals surface area contributed by atoms with Crippen LogP contribution in [0.5, 0.6) is 11.5 Å². The third kappa shape index (κ3) is 4.57. The molecule has 30 heavy (non-hydrogen) atoms. The highest BCUT2D eigenvalue weighted by Gasteiger charge is 2.26. The highest BCUT2D eigenvalue weighted by molar-refractivity contribution is 7.92. The number of sulfonamides is 1. The lowest BCUT2D eigenvalue weighted by molar-refractivity contribution is 0.393. The zero-order chi connectivity index (χ0) is 21.9. The van der Waals surface area contributed by atoms with E-state index in [9.17, 15) is 12.8 Å². The normalized spacial score (nSPS) is 11.2. The molecule has 0 heterocycles. The summed E-state index contributed by atoms with van der Waals surface area (Å²) in [5.41, 5.74) is 2.26. The average Bonchev–Trinajstić information content (AvgIpc) is 2.74. The number of nitrogens with zero attached hydrogens (tertiary/aromatic N) is 1. The minimum Gasteiger partial charge on any atom is -0.497 e. The lowest BCUT2D eigenvalue weighted by atomic mass is 10.1. The summed E-state index contributed by atoms with van der Waals surface area (Å²) in [6, 6.07) is 16.1. The highest BCUT2D eigenvalue weighted by atomic mass is 32.2. The molecule has 158 valence electrons. The molecule has 0 amide bonds. The Balaban J connectivity index is 2.12. The van der Waals surface area contributed by atoms with Crippen LogP contribution < -0.4 is 13.8 Å². The van der Waals surface area contributed by atoms with Crippen molar-refractivity contribution in [2.45, 2.75) is 25.3 Å². The molecule has 0 aliphatic carbocycles. The second-order valence-corrected chi connectivity index (χ2v) is 8.84. The molecule has 3 rings (SSSR count). The second kappa shape index (κ2) is 8.75. The molecule has 0 aromatic heterocycles. The van der Waals surface area contributed by atoms with Crippen molar-refractivity contribution in [2.75, 3.05) is 18.5 Å². The Morgan fingerprint density at radius 2 is 1.47 bits per heavy atom. The molecular formula is C23H24FNO4S. The number of benzene rings is 3. The van der Waals surface area contributed by atoms with Crippen LogP contribution in [0.3, 0.4) is 0 Å². The molecule has 3 aromatic carbocycles. The van der Waals surface area contributed by atoms with Crippen molar-refractivity contribution < 1.29 is 22.3 Å². The summed E-state index contributed by atoms with van der Waals surface area (Å²) >= 11 is 0. The van der Waals surface area contributed by atoms with Gasteiger partial charge in [-0.3, -0.25) is 4.31 Å². The van der Waals surface area contributed by atoms with Crippen molar-refractivity contribution in [1.82, 2.24) is 0 Å². The van der Waals surface area contributed by atoms with E-state index in [4.69, 9.17) is 9.47 Å². The Morgan fingerprint density at radius 3 is 2.00 bits per heavy atom. The van der Waals surface area contributed by atoms with Crippen LogP contribution in [0.4, 0.5) is 10.1 Å². The minimum absolute atomic E-state index is 0.0216. The van der Waals surface area contributed by atoms with Crippen molar-refractivity contribution in [3.8, 4) is 11.5 Å². The molecule has 5 nitrogen and oxygen atoms in total. The van der Waals surface area contributed by atoms with E-state index in [-0.39, 0.29) is 17.1 Å². The van der Waals surface area contributed by atoms with E-state index in [0.717, 1.165) is 5.56 Å². The highest BCUT2D eigenvalue weighted by Crippen LogP contribution is 2.30. The minimum atomic E-state index is -3.95. The lowest BCUT2D eigenvalue weighted by Crippen LogP contribution is -2.30. The van der Waals surface area contributed by atoms with Gasteiger partial charge in [0.25, 0.3) is 10.0 Å². The number of hydrogen-bond donors (Lipinski definition) is 0. The molecule has 0 bridgehead atoms. The van der Waals surface area contributed by atoms with Crippen LogP contribution in [0.25, 0.3) is 0 Å². The molecule has 0 spiro atoms. The largest absolute Gasteiger partial charge is 0.497 e. The Morgan fingerprint density at radius 1 is 0.867 bits per heavy atom. The molecular weight excluding hydrogens is 405 g/mol. The van der Waals surface area contributed by atoms with Gasteiger partial charge in [0.1, 0.15) is 17.3 Å². The molecule has 0 saturated heterocycles. The van der Waals surface area contributed by atoms with Crippen LogP contribution in [-0.2, 0) is 16.6 Å². The van der Waals surface area contributed by atoms with Gasteiger partial charge in [0, 0.05) is 6.07 Å². The van der Waals surface area contributed by atoms with Crippen molar-refractivity contribution in [3.05, 3.63) is 83.2 Å². The van der Waals surface area contributed by atoms with E-state index in [0.29, 0.717) is 22.6 Å². The number of ether oxygens (including phenoxy) is 2. The van der Waals surface area contributed by atoms with E-state index in [1.807, 2.05) is 6.92 Å². The van der Waals surface area contributed by atoms with Crippen LogP contribution >= 0.6 is 0 Å². The Bertz CT molecular complexity index is 1120. The molecule has 0 saturated carbocycles. The van der Waals surface area contributed by atoms with Crippen LogP contribution in [0.1, 0.15) is 16.7 Å².